The lowest BCUT2D eigenvalue weighted by molar-refractivity contribution is -0.116. The Morgan fingerprint density at radius 2 is 1.91 bits per heavy atom. The quantitative estimate of drug-likeness (QED) is 0.556. The molecule has 4 nitrogen and oxygen atoms in total. The van der Waals surface area contributed by atoms with Crippen LogP contribution in [0, 0.1) is 24.7 Å². The summed E-state index contributed by atoms with van der Waals surface area (Å²) in [6.45, 7) is 2.07. The number of benzene rings is 2. The number of rotatable bonds is 4. The van der Waals surface area contributed by atoms with Crippen LogP contribution in [-0.2, 0) is 11.3 Å². The molecule has 2 bridgehead atoms. The number of carbonyl (C=O) groups is 1. The zero-order valence-corrected chi connectivity index (χ0v) is 19.6. The van der Waals surface area contributed by atoms with Crippen LogP contribution in [0.2, 0.25) is 0 Å². The molecule has 5 unspecified atom stereocenters. The summed E-state index contributed by atoms with van der Waals surface area (Å²) in [5, 5.41) is 4.55. The van der Waals surface area contributed by atoms with Crippen molar-refractivity contribution < 1.29 is 4.79 Å². The smallest absolute Gasteiger partial charge is 0.308 e. The number of nitrogens with zero attached hydrogens (tertiary/aromatic N) is 1. The average Bonchev–Trinajstić information content (AvgIpc) is 3.47. The topological polar surface area (TPSA) is 51.1 Å². The van der Waals surface area contributed by atoms with Gasteiger partial charge in [-0.3, -0.25) is 14.2 Å². The largest absolute Gasteiger partial charge is 0.325 e. The highest BCUT2D eigenvalue weighted by Crippen LogP contribution is 2.63. The fourth-order valence-corrected chi connectivity index (χ4v) is 9.34. The molecule has 2 fully saturated rings. The highest BCUT2D eigenvalue weighted by Gasteiger charge is 2.55. The van der Waals surface area contributed by atoms with E-state index in [-0.39, 0.29) is 23.2 Å². The minimum atomic E-state index is -0.148. The van der Waals surface area contributed by atoms with E-state index in [2.05, 4.69) is 35.6 Å². The summed E-state index contributed by atoms with van der Waals surface area (Å²) in [4.78, 5) is 27.1. The third kappa shape index (κ3) is 3.35. The first kappa shape index (κ1) is 20.3. The van der Waals surface area contributed by atoms with E-state index in [4.69, 9.17) is 0 Å². The summed E-state index contributed by atoms with van der Waals surface area (Å²) < 4.78 is 1.73. The summed E-state index contributed by atoms with van der Waals surface area (Å²) in [6.07, 6.45) is 3.94. The lowest BCUT2D eigenvalue weighted by Crippen LogP contribution is -2.34. The third-order valence-electron chi connectivity index (χ3n) is 7.45. The molecule has 1 aromatic heterocycles. The van der Waals surface area contributed by atoms with E-state index < -0.39 is 0 Å². The van der Waals surface area contributed by atoms with Crippen LogP contribution in [0.25, 0.3) is 0 Å². The first-order chi connectivity index (χ1) is 15.6. The van der Waals surface area contributed by atoms with Crippen LogP contribution in [0.15, 0.2) is 64.4 Å². The number of thiazole rings is 1. The normalized spacial score (nSPS) is 27.7. The molecule has 2 heterocycles. The van der Waals surface area contributed by atoms with Gasteiger partial charge in [0.1, 0.15) is 6.54 Å². The Kier molecular flexibility index (Phi) is 5.03. The summed E-state index contributed by atoms with van der Waals surface area (Å²) in [7, 11) is 0. The van der Waals surface area contributed by atoms with Gasteiger partial charge in [-0.05, 0) is 67.2 Å². The molecule has 2 aromatic carbocycles. The molecular weight excluding hydrogens is 436 g/mol. The predicted molar refractivity (Wildman–Crippen MR) is 131 cm³/mol. The van der Waals surface area contributed by atoms with Gasteiger partial charge in [0.2, 0.25) is 5.91 Å². The molecule has 0 radical (unpaired) electrons. The van der Waals surface area contributed by atoms with Gasteiger partial charge in [-0.2, -0.15) is 0 Å². The van der Waals surface area contributed by atoms with Crippen LogP contribution in [0.5, 0.6) is 0 Å². The van der Waals surface area contributed by atoms with Gasteiger partial charge in [0.25, 0.3) is 0 Å². The molecule has 32 heavy (non-hydrogen) atoms. The Hall–Kier alpha value is -2.31. The predicted octanol–water partition coefficient (Wildman–Crippen LogP) is 5.51. The van der Waals surface area contributed by atoms with Crippen molar-refractivity contribution in [3.8, 4) is 0 Å². The second kappa shape index (κ2) is 7.92. The van der Waals surface area contributed by atoms with Gasteiger partial charge in [-0.25, -0.2) is 0 Å². The summed E-state index contributed by atoms with van der Waals surface area (Å²) in [5.74, 6) is 2.21. The number of hydrogen-bond donors (Lipinski definition) is 1. The van der Waals surface area contributed by atoms with Gasteiger partial charge in [0.15, 0.2) is 0 Å². The number of hydrogen-bond acceptors (Lipinski definition) is 4. The minimum Gasteiger partial charge on any atom is -0.325 e. The number of aromatic nitrogens is 1. The molecule has 6 heteroatoms. The Morgan fingerprint density at radius 1 is 1.09 bits per heavy atom. The molecule has 2 saturated carbocycles. The molecule has 2 aliphatic carbocycles. The molecule has 1 aliphatic heterocycles. The van der Waals surface area contributed by atoms with Crippen molar-refractivity contribution in [1.29, 1.82) is 0 Å². The zero-order valence-electron chi connectivity index (χ0n) is 18.0. The number of thioether (sulfide) groups is 1. The van der Waals surface area contributed by atoms with E-state index >= 15 is 0 Å². The van der Waals surface area contributed by atoms with Crippen LogP contribution in [0.1, 0.15) is 41.2 Å². The van der Waals surface area contributed by atoms with Gasteiger partial charge in [-0.1, -0.05) is 53.8 Å². The summed E-state index contributed by atoms with van der Waals surface area (Å²) in [5.41, 5.74) is 3.18. The van der Waals surface area contributed by atoms with Crippen molar-refractivity contribution in [3.63, 3.8) is 0 Å². The molecule has 0 saturated heterocycles. The number of aryl methyl sites for hydroxylation is 1. The van der Waals surface area contributed by atoms with Gasteiger partial charge in [0, 0.05) is 21.7 Å². The Labute approximate surface area is 196 Å². The molecule has 1 amide bonds. The first-order valence-electron chi connectivity index (χ1n) is 11.4. The van der Waals surface area contributed by atoms with E-state index in [0.717, 1.165) is 28.1 Å². The first-order valence-corrected chi connectivity index (χ1v) is 13.1. The van der Waals surface area contributed by atoms with Crippen molar-refractivity contribution in [2.45, 2.75) is 48.9 Å². The molecule has 3 aliphatic rings. The maximum absolute atomic E-state index is 13.1. The Morgan fingerprint density at radius 3 is 2.72 bits per heavy atom. The van der Waals surface area contributed by atoms with Crippen LogP contribution >= 0.6 is 23.1 Å². The molecule has 3 aromatic rings. The van der Waals surface area contributed by atoms with Gasteiger partial charge in [0.05, 0.1) is 5.03 Å². The Balaban J connectivity index is 1.36. The second-order valence-electron chi connectivity index (χ2n) is 9.42. The van der Waals surface area contributed by atoms with Crippen molar-refractivity contribution in [2.24, 2.45) is 17.8 Å². The molecular formula is C26H26N2O2S2. The maximum Gasteiger partial charge on any atom is 0.308 e. The maximum atomic E-state index is 13.1. The standard InChI is InChI=1S/C26H26N2O2S2/c1-15-6-5-9-19(12-15)27-20(29)14-28-25-24(32-26(28)30)21(16-7-3-2-4-8-16)22-17-10-11-18(13-17)23(22)31-25/h2-9,12,17-18,21-23H,10-11,13-14H2,1H3,(H,27,29). The summed E-state index contributed by atoms with van der Waals surface area (Å²) in [6, 6.07) is 18.5. The van der Waals surface area contributed by atoms with E-state index in [1.165, 1.54) is 41.0 Å². The zero-order chi connectivity index (χ0) is 21.8. The van der Waals surface area contributed by atoms with E-state index in [1.807, 2.05) is 43.0 Å². The lowest BCUT2D eigenvalue weighted by atomic mass is 9.75. The number of fused-ring (bicyclic) bond motifs is 6. The van der Waals surface area contributed by atoms with E-state index in [1.54, 1.807) is 4.57 Å². The monoisotopic (exact) mass is 462 g/mol. The van der Waals surface area contributed by atoms with E-state index in [9.17, 15) is 9.59 Å². The van der Waals surface area contributed by atoms with Crippen molar-refractivity contribution in [3.05, 3.63) is 80.3 Å². The second-order valence-corrected chi connectivity index (χ2v) is 11.6. The lowest BCUT2D eigenvalue weighted by Gasteiger charge is -2.40. The highest BCUT2D eigenvalue weighted by molar-refractivity contribution is 8.00. The number of amides is 1. The van der Waals surface area contributed by atoms with Crippen molar-refractivity contribution >= 4 is 34.7 Å². The number of carbonyl (C=O) groups excluding carboxylic acids is 1. The van der Waals surface area contributed by atoms with Gasteiger partial charge in [-0.15, -0.1) is 11.8 Å². The van der Waals surface area contributed by atoms with Crippen LogP contribution < -0.4 is 10.2 Å². The molecule has 5 atom stereocenters. The van der Waals surface area contributed by atoms with Crippen molar-refractivity contribution in [2.75, 3.05) is 5.32 Å². The molecule has 6 rings (SSSR count). The van der Waals surface area contributed by atoms with Gasteiger partial charge < -0.3 is 5.32 Å². The van der Waals surface area contributed by atoms with Crippen LogP contribution in [-0.4, -0.2) is 15.7 Å². The molecule has 1 N–H and O–H groups in total. The van der Waals surface area contributed by atoms with Crippen LogP contribution in [0.3, 0.4) is 0 Å². The van der Waals surface area contributed by atoms with Gasteiger partial charge >= 0.3 is 4.87 Å². The minimum absolute atomic E-state index is 0.0184. The fourth-order valence-electron chi connectivity index (χ4n) is 6.19. The third-order valence-corrected chi connectivity index (χ3v) is 10.3. The fraction of sp³-hybridized carbons (Fsp3) is 0.385. The highest BCUT2D eigenvalue weighted by atomic mass is 32.2. The van der Waals surface area contributed by atoms with E-state index in [0.29, 0.717) is 11.2 Å². The SMILES string of the molecule is Cc1cccc(NC(=O)Cn2c3c(sc2=O)C(c2ccccc2)C2C4CCC(C4)C2S3)c1. The molecule has 0 spiro atoms. The Bertz CT molecular complexity index is 1230. The average molecular weight is 463 g/mol. The number of anilines is 1. The van der Waals surface area contributed by atoms with Crippen molar-refractivity contribution in [1.82, 2.24) is 4.57 Å². The molecule has 164 valence electrons. The summed E-state index contributed by atoms with van der Waals surface area (Å²) >= 11 is 3.23. The van der Waals surface area contributed by atoms with Crippen LogP contribution in [0.4, 0.5) is 5.69 Å². The number of nitrogens with one attached hydrogen (secondary N) is 1.